The van der Waals surface area contributed by atoms with Crippen molar-refractivity contribution in [3.8, 4) is 0 Å². The number of hydrogen-bond donors (Lipinski definition) is 1. The van der Waals surface area contributed by atoms with E-state index in [1.807, 2.05) is 0 Å². The molecule has 29 heavy (non-hydrogen) atoms. The van der Waals surface area contributed by atoms with Crippen LogP contribution in [-0.4, -0.2) is 60.8 Å². The van der Waals surface area contributed by atoms with Crippen LogP contribution in [0.5, 0.6) is 0 Å². The molecule has 1 N–H and O–H groups in total. The van der Waals surface area contributed by atoms with Crippen LogP contribution in [0.2, 0.25) is 0 Å². The smallest absolute Gasteiger partial charge is 0.343 e. The van der Waals surface area contributed by atoms with Gasteiger partial charge in [0.15, 0.2) is 0 Å². The number of hydrogen-bond acceptors (Lipinski definition) is 6. The second-order valence-corrected chi connectivity index (χ2v) is 9.51. The molecule has 9 nitrogen and oxygen atoms in total. The molecular formula is C19H27N5O4S. The van der Waals surface area contributed by atoms with Crippen LogP contribution >= 0.6 is 11.8 Å². The summed E-state index contributed by atoms with van der Waals surface area (Å²) < 4.78 is 1.24. The Kier molecular flexibility index (Phi) is 5.80. The Morgan fingerprint density at radius 3 is 2.69 bits per heavy atom. The standard InChI is InChI=1S/C19H27N5O4S/c1-22-16(24(27)28)10-20-17(22)19(26)23-11-13(12-6-2-3-7-14(12)23)21-18(25)15-8-4-5-9-29-15/h10,12-15H,2-9,11H2,1H3,(H,21,25). The van der Waals surface area contributed by atoms with Crippen molar-refractivity contribution in [3.05, 3.63) is 22.1 Å². The molecule has 10 heteroatoms. The van der Waals surface area contributed by atoms with E-state index in [-0.39, 0.29) is 46.7 Å². The lowest BCUT2D eigenvalue weighted by Gasteiger charge is -2.32. The summed E-state index contributed by atoms with van der Waals surface area (Å²) in [6.45, 7) is 0.442. The predicted octanol–water partition coefficient (Wildman–Crippen LogP) is 2.11. The first-order valence-electron chi connectivity index (χ1n) is 10.4. The molecule has 1 aliphatic carbocycles. The quantitative estimate of drug-likeness (QED) is 0.589. The minimum absolute atomic E-state index is 0.00716. The molecule has 1 aromatic heterocycles. The summed E-state index contributed by atoms with van der Waals surface area (Å²) in [5.74, 6) is 0.938. The van der Waals surface area contributed by atoms with E-state index in [1.165, 1.54) is 18.0 Å². The molecule has 2 aliphatic heterocycles. The summed E-state index contributed by atoms with van der Waals surface area (Å²) >= 11 is 1.73. The van der Waals surface area contributed by atoms with Gasteiger partial charge in [0.05, 0.1) is 18.3 Å². The molecule has 4 atom stereocenters. The van der Waals surface area contributed by atoms with Crippen molar-refractivity contribution in [2.75, 3.05) is 12.3 Å². The van der Waals surface area contributed by atoms with Crippen molar-refractivity contribution in [1.29, 1.82) is 0 Å². The molecule has 4 rings (SSSR count). The van der Waals surface area contributed by atoms with Crippen LogP contribution in [-0.2, 0) is 11.8 Å². The average molecular weight is 422 g/mol. The van der Waals surface area contributed by atoms with Gasteiger partial charge in [-0.25, -0.2) is 9.55 Å². The lowest BCUT2D eigenvalue weighted by atomic mass is 9.82. The Bertz CT molecular complexity index is 807. The van der Waals surface area contributed by atoms with Gasteiger partial charge in [-0.15, -0.1) is 11.8 Å². The number of aromatic nitrogens is 2. The second kappa shape index (κ2) is 8.33. The molecule has 2 saturated heterocycles. The van der Waals surface area contributed by atoms with Gasteiger partial charge in [-0.1, -0.05) is 19.3 Å². The first-order valence-corrected chi connectivity index (χ1v) is 11.4. The zero-order chi connectivity index (χ0) is 20.5. The van der Waals surface area contributed by atoms with Crippen LogP contribution in [0, 0.1) is 16.0 Å². The Morgan fingerprint density at radius 1 is 1.24 bits per heavy atom. The number of imidazole rings is 1. The van der Waals surface area contributed by atoms with Crippen molar-refractivity contribution in [1.82, 2.24) is 19.8 Å². The molecule has 1 saturated carbocycles. The molecule has 3 aliphatic rings. The number of nitro groups is 1. The molecule has 3 fully saturated rings. The van der Waals surface area contributed by atoms with Crippen molar-refractivity contribution < 1.29 is 14.5 Å². The maximum absolute atomic E-state index is 13.2. The summed E-state index contributed by atoms with van der Waals surface area (Å²) in [6.07, 6.45) is 8.32. The highest BCUT2D eigenvalue weighted by atomic mass is 32.2. The summed E-state index contributed by atoms with van der Waals surface area (Å²) in [6, 6.07) is -0.00848. The van der Waals surface area contributed by atoms with E-state index in [2.05, 4.69) is 10.3 Å². The fourth-order valence-corrected chi connectivity index (χ4v) is 6.19. The van der Waals surface area contributed by atoms with Crippen molar-refractivity contribution in [3.63, 3.8) is 0 Å². The molecule has 0 radical (unpaired) electrons. The molecular weight excluding hydrogens is 394 g/mol. The Hall–Kier alpha value is -2.10. The Balaban J connectivity index is 1.51. The van der Waals surface area contributed by atoms with Crippen LogP contribution in [0.25, 0.3) is 0 Å². The maximum Gasteiger partial charge on any atom is 0.343 e. The monoisotopic (exact) mass is 421 g/mol. The molecule has 3 heterocycles. The first kappa shape index (κ1) is 20.2. The van der Waals surface area contributed by atoms with E-state index < -0.39 is 4.92 Å². The van der Waals surface area contributed by atoms with Gasteiger partial charge in [-0.3, -0.25) is 9.59 Å². The minimum atomic E-state index is -0.540. The van der Waals surface area contributed by atoms with Gasteiger partial charge in [0, 0.05) is 18.5 Å². The molecule has 1 aromatic rings. The number of carbonyl (C=O) groups excluding carboxylic acids is 2. The largest absolute Gasteiger partial charge is 0.358 e. The fraction of sp³-hybridized carbons (Fsp3) is 0.737. The molecule has 0 spiro atoms. The highest BCUT2D eigenvalue weighted by molar-refractivity contribution is 8.00. The van der Waals surface area contributed by atoms with E-state index in [4.69, 9.17) is 0 Å². The lowest BCUT2D eigenvalue weighted by Crippen LogP contribution is -2.45. The van der Waals surface area contributed by atoms with E-state index >= 15 is 0 Å². The SMILES string of the molecule is Cn1c([N+](=O)[O-])cnc1C(=O)N1CC(NC(=O)C2CCCCS2)C2CCCCC21. The number of likely N-dealkylation sites (tertiary alicyclic amines) is 1. The summed E-state index contributed by atoms with van der Waals surface area (Å²) in [4.78, 5) is 42.3. The number of nitrogens with zero attached hydrogens (tertiary/aromatic N) is 4. The van der Waals surface area contributed by atoms with E-state index in [0.29, 0.717) is 6.54 Å². The van der Waals surface area contributed by atoms with Gasteiger partial charge < -0.3 is 20.3 Å². The van der Waals surface area contributed by atoms with Crippen molar-refractivity contribution in [2.45, 2.75) is 62.3 Å². The van der Waals surface area contributed by atoms with Gasteiger partial charge in [-0.2, -0.15) is 0 Å². The van der Waals surface area contributed by atoms with Crippen molar-refractivity contribution >= 4 is 29.4 Å². The lowest BCUT2D eigenvalue weighted by molar-refractivity contribution is -0.391. The Morgan fingerprint density at radius 2 is 2.00 bits per heavy atom. The number of rotatable bonds is 4. The van der Waals surface area contributed by atoms with Crippen LogP contribution in [0.15, 0.2) is 6.20 Å². The predicted molar refractivity (Wildman–Crippen MR) is 109 cm³/mol. The normalized spacial score (nSPS) is 29.3. The number of carbonyl (C=O) groups is 2. The highest BCUT2D eigenvalue weighted by Crippen LogP contribution is 2.38. The topological polar surface area (TPSA) is 110 Å². The molecule has 4 unspecified atom stereocenters. The molecule has 2 amide bonds. The van der Waals surface area contributed by atoms with E-state index in [9.17, 15) is 19.7 Å². The van der Waals surface area contributed by atoms with Crippen LogP contribution in [0.3, 0.4) is 0 Å². The van der Waals surface area contributed by atoms with Crippen molar-refractivity contribution in [2.24, 2.45) is 13.0 Å². The zero-order valence-electron chi connectivity index (χ0n) is 16.6. The van der Waals surface area contributed by atoms with Crippen LogP contribution in [0.4, 0.5) is 5.82 Å². The van der Waals surface area contributed by atoms with E-state index in [1.54, 1.807) is 16.7 Å². The number of fused-ring (bicyclic) bond motifs is 1. The Labute approximate surface area is 173 Å². The van der Waals surface area contributed by atoms with Gasteiger partial charge in [0.2, 0.25) is 5.91 Å². The number of thioether (sulfide) groups is 1. The van der Waals surface area contributed by atoms with Gasteiger partial charge in [0.25, 0.3) is 5.82 Å². The third-order valence-electron chi connectivity index (χ3n) is 6.49. The summed E-state index contributed by atoms with van der Waals surface area (Å²) in [7, 11) is 1.49. The number of amides is 2. The highest BCUT2D eigenvalue weighted by Gasteiger charge is 2.47. The van der Waals surface area contributed by atoms with Gasteiger partial charge in [0.1, 0.15) is 6.20 Å². The van der Waals surface area contributed by atoms with Crippen LogP contribution < -0.4 is 5.32 Å². The molecule has 0 aromatic carbocycles. The van der Waals surface area contributed by atoms with E-state index in [0.717, 1.165) is 50.5 Å². The second-order valence-electron chi connectivity index (χ2n) is 8.20. The van der Waals surface area contributed by atoms with Crippen LogP contribution in [0.1, 0.15) is 55.6 Å². The summed E-state index contributed by atoms with van der Waals surface area (Å²) in [5.41, 5.74) is 0. The van der Waals surface area contributed by atoms with Gasteiger partial charge >= 0.3 is 11.7 Å². The number of nitrogens with one attached hydrogen (secondary N) is 1. The summed E-state index contributed by atoms with van der Waals surface area (Å²) in [5, 5.41) is 14.3. The van der Waals surface area contributed by atoms with Gasteiger partial charge in [-0.05, 0) is 36.4 Å². The molecule has 0 bridgehead atoms. The zero-order valence-corrected chi connectivity index (χ0v) is 17.4. The minimum Gasteiger partial charge on any atom is -0.358 e. The fourth-order valence-electron chi connectivity index (χ4n) is 4.99. The maximum atomic E-state index is 13.2. The first-order chi connectivity index (χ1) is 14.0. The third-order valence-corrected chi connectivity index (χ3v) is 7.87. The third kappa shape index (κ3) is 3.86. The molecule has 158 valence electrons. The average Bonchev–Trinajstić information content (AvgIpc) is 3.29.